The second kappa shape index (κ2) is 8.10. The molecule has 1 aliphatic carbocycles. The number of aliphatic carboxylic acids is 1. The molecule has 1 saturated heterocycles. The Bertz CT molecular complexity index is 473. The molecule has 0 aromatic carbocycles. The third-order valence-corrected chi connectivity index (χ3v) is 4.43. The third-order valence-electron chi connectivity index (χ3n) is 4.43. The van der Waals surface area contributed by atoms with Crippen LogP contribution in [-0.2, 0) is 19.1 Å². The summed E-state index contributed by atoms with van der Waals surface area (Å²) < 4.78 is 5.10. The lowest BCUT2D eigenvalue weighted by Gasteiger charge is -2.24. The fraction of sp³-hybridized carbons (Fsp3) is 0.688. The van der Waals surface area contributed by atoms with Crippen LogP contribution in [0.4, 0.5) is 0 Å². The minimum atomic E-state index is -1.15. The lowest BCUT2D eigenvalue weighted by Crippen LogP contribution is -2.47. The number of carbonyl (C=O) groups excluding carboxylic acids is 2. The minimum absolute atomic E-state index is 0.00756. The first-order valence-electron chi connectivity index (χ1n) is 8.04. The summed E-state index contributed by atoms with van der Waals surface area (Å²) in [4.78, 5) is 37.3. The summed E-state index contributed by atoms with van der Waals surface area (Å²) in [5, 5.41) is 11.6. The van der Waals surface area contributed by atoms with Crippen molar-refractivity contribution in [1.29, 1.82) is 0 Å². The van der Waals surface area contributed by atoms with Gasteiger partial charge in [-0.2, -0.15) is 0 Å². The molecule has 1 aliphatic heterocycles. The number of hydrogen-bond donors (Lipinski definition) is 2. The Labute approximate surface area is 135 Å². The van der Waals surface area contributed by atoms with Gasteiger partial charge in [-0.05, 0) is 12.8 Å². The monoisotopic (exact) mass is 324 g/mol. The Hall–Kier alpha value is -1.89. The number of amides is 2. The predicted molar refractivity (Wildman–Crippen MR) is 82.7 cm³/mol. The van der Waals surface area contributed by atoms with Crippen LogP contribution in [0.3, 0.4) is 0 Å². The summed E-state index contributed by atoms with van der Waals surface area (Å²) in [6, 6.07) is -0.871. The van der Waals surface area contributed by atoms with Crippen molar-refractivity contribution in [1.82, 2.24) is 10.2 Å². The number of nitrogens with zero attached hydrogens (tertiary/aromatic N) is 1. The van der Waals surface area contributed by atoms with E-state index in [4.69, 9.17) is 9.84 Å². The van der Waals surface area contributed by atoms with Crippen LogP contribution in [0, 0.1) is 5.92 Å². The van der Waals surface area contributed by atoms with Gasteiger partial charge in [-0.1, -0.05) is 18.9 Å². The zero-order chi connectivity index (χ0) is 16.8. The van der Waals surface area contributed by atoms with Gasteiger partial charge in [-0.25, -0.2) is 4.79 Å². The summed E-state index contributed by atoms with van der Waals surface area (Å²) in [5.74, 6) is -2.04. The first-order chi connectivity index (χ1) is 11.0. The van der Waals surface area contributed by atoms with E-state index in [1.54, 1.807) is 4.90 Å². The molecule has 2 unspecified atom stereocenters. The van der Waals surface area contributed by atoms with Gasteiger partial charge in [0.15, 0.2) is 6.04 Å². The number of likely N-dealkylation sites (tertiary alicyclic amines) is 1. The van der Waals surface area contributed by atoms with E-state index in [1.807, 2.05) is 0 Å². The largest absolute Gasteiger partial charge is 0.480 e. The molecule has 0 aromatic rings. The molecule has 0 radical (unpaired) electrons. The van der Waals surface area contributed by atoms with E-state index in [0.29, 0.717) is 6.54 Å². The van der Waals surface area contributed by atoms with Crippen LogP contribution < -0.4 is 5.32 Å². The highest BCUT2D eigenvalue weighted by atomic mass is 16.5. The van der Waals surface area contributed by atoms with Gasteiger partial charge in [-0.15, -0.1) is 6.58 Å². The number of ether oxygens (including phenoxy) is 1. The van der Waals surface area contributed by atoms with E-state index < -0.39 is 23.8 Å². The molecular weight excluding hydrogens is 300 g/mol. The minimum Gasteiger partial charge on any atom is -0.480 e. The highest BCUT2D eigenvalue weighted by Crippen LogP contribution is 2.29. The molecule has 7 heteroatoms. The lowest BCUT2D eigenvalue weighted by molar-refractivity contribution is -0.144. The molecule has 7 nitrogen and oxygen atoms in total. The van der Waals surface area contributed by atoms with Gasteiger partial charge in [0, 0.05) is 19.0 Å². The molecule has 2 aliphatic rings. The normalized spacial score (nSPS) is 23.0. The zero-order valence-corrected chi connectivity index (χ0v) is 13.2. The molecule has 2 rings (SSSR count). The Morgan fingerprint density at radius 3 is 2.74 bits per heavy atom. The first-order valence-corrected chi connectivity index (χ1v) is 8.04. The molecule has 0 aromatic heterocycles. The maximum absolute atomic E-state index is 12.3. The lowest BCUT2D eigenvalue weighted by atomic mass is 10.1. The molecule has 2 N–H and O–H groups in total. The maximum atomic E-state index is 12.3. The van der Waals surface area contributed by atoms with Gasteiger partial charge in [0.2, 0.25) is 11.8 Å². The zero-order valence-electron chi connectivity index (χ0n) is 13.2. The van der Waals surface area contributed by atoms with E-state index in [1.165, 1.54) is 6.08 Å². The van der Waals surface area contributed by atoms with Gasteiger partial charge in [0.05, 0.1) is 19.1 Å². The number of nitrogens with one attached hydrogen (secondary N) is 1. The van der Waals surface area contributed by atoms with Crippen LogP contribution in [0.25, 0.3) is 0 Å². The van der Waals surface area contributed by atoms with Crippen LogP contribution in [0.15, 0.2) is 12.7 Å². The van der Waals surface area contributed by atoms with Crippen molar-refractivity contribution in [3.05, 3.63) is 12.7 Å². The molecule has 2 amide bonds. The highest BCUT2D eigenvalue weighted by Gasteiger charge is 2.39. The molecule has 23 heavy (non-hydrogen) atoms. The molecule has 0 bridgehead atoms. The molecule has 1 saturated carbocycles. The molecule has 0 spiro atoms. The Balaban J connectivity index is 1.87. The predicted octanol–water partition coefficient (Wildman–Crippen LogP) is 0.549. The van der Waals surface area contributed by atoms with Crippen molar-refractivity contribution in [2.24, 2.45) is 5.92 Å². The van der Waals surface area contributed by atoms with E-state index in [9.17, 15) is 14.4 Å². The van der Waals surface area contributed by atoms with Gasteiger partial charge in [-0.3, -0.25) is 9.59 Å². The molecule has 2 fully saturated rings. The van der Waals surface area contributed by atoms with Crippen LogP contribution in [0.1, 0.15) is 32.1 Å². The fourth-order valence-corrected chi connectivity index (χ4v) is 3.21. The number of rotatable bonds is 8. The van der Waals surface area contributed by atoms with Crippen LogP contribution >= 0.6 is 0 Å². The fourth-order valence-electron chi connectivity index (χ4n) is 3.21. The van der Waals surface area contributed by atoms with Crippen molar-refractivity contribution < 1.29 is 24.2 Å². The maximum Gasteiger partial charge on any atom is 0.328 e. The second-order valence-electron chi connectivity index (χ2n) is 6.11. The topological polar surface area (TPSA) is 95.9 Å². The van der Waals surface area contributed by atoms with Crippen molar-refractivity contribution >= 4 is 17.8 Å². The van der Waals surface area contributed by atoms with Gasteiger partial charge in [0.25, 0.3) is 0 Å². The van der Waals surface area contributed by atoms with E-state index in [2.05, 4.69) is 11.9 Å². The molecule has 128 valence electrons. The number of carbonyl (C=O) groups is 3. The number of carboxylic acids is 1. The average molecular weight is 324 g/mol. The van der Waals surface area contributed by atoms with E-state index in [-0.39, 0.29) is 31.6 Å². The molecular formula is C16H24N2O5. The standard InChI is InChI=1S/C16H24N2O5/c1-2-7-23-10-13(16(21)22)17-15(20)11-8-14(19)18(9-11)12-5-3-4-6-12/h2,11-13H,1,3-10H2,(H,17,20)(H,21,22). The van der Waals surface area contributed by atoms with Crippen LogP contribution in [-0.4, -0.2) is 59.6 Å². The Kier molecular flexibility index (Phi) is 6.15. The van der Waals surface area contributed by atoms with Crippen molar-refractivity contribution in [2.75, 3.05) is 19.8 Å². The van der Waals surface area contributed by atoms with Gasteiger partial charge in [0.1, 0.15) is 0 Å². The van der Waals surface area contributed by atoms with E-state index >= 15 is 0 Å². The quantitative estimate of drug-likeness (QED) is 0.502. The smallest absolute Gasteiger partial charge is 0.328 e. The van der Waals surface area contributed by atoms with Gasteiger partial charge < -0.3 is 20.1 Å². The summed E-state index contributed by atoms with van der Waals surface area (Å²) in [7, 11) is 0. The summed E-state index contributed by atoms with van der Waals surface area (Å²) in [6.07, 6.45) is 5.89. The Morgan fingerprint density at radius 1 is 1.43 bits per heavy atom. The van der Waals surface area contributed by atoms with Gasteiger partial charge >= 0.3 is 5.97 Å². The number of carboxylic acid groups (broad SMARTS) is 1. The first kappa shape index (κ1) is 17.5. The summed E-state index contributed by atoms with van der Waals surface area (Å²) >= 11 is 0. The second-order valence-corrected chi connectivity index (χ2v) is 6.11. The average Bonchev–Trinajstić information content (AvgIpc) is 3.15. The van der Waals surface area contributed by atoms with Crippen LogP contribution in [0.5, 0.6) is 0 Å². The van der Waals surface area contributed by atoms with E-state index in [0.717, 1.165) is 25.7 Å². The Morgan fingerprint density at radius 2 is 2.13 bits per heavy atom. The SMILES string of the molecule is C=CCOCC(NC(=O)C1CC(=O)N(C2CCCC2)C1)C(=O)O. The molecule has 2 atom stereocenters. The highest BCUT2D eigenvalue weighted by molar-refractivity contribution is 5.91. The third kappa shape index (κ3) is 4.54. The molecule has 1 heterocycles. The van der Waals surface area contributed by atoms with Crippen molar-refractivity contribution in [3.8, 4) is 0 Å². The van der Waals surface area contributed by atoms with Crippen LogP contribution in [0.2, 0.25) is 0 Å². The van der Waals surface area contributed by atoms with Crippen molar-refractivity contribution in [3.63, 3.8) is 0 Å². The van der Waals surface area contributed by atoms with Crippen molar-refractivity contribution in [2.45, 2.75) is 44.2 Å². The number of hydrogen-bond acceptors (Lipinski definition) is 4. The summed E-state index contributed by atoms with van der Waals surface area (Å²) in [6.45, 7) is 3.96. The summed E-state index contributed by atoms with van der Waals surface area (Å²) in [5.41, 5.74) is 0.